The first kappa shape index (κ1) is 45.7. The Kier molecular flexibility index (Phi) is 18.8. The maximum Gasteiger partial charge on any atom is 0.325 e. The van der Waals surface area contributed by atoms with Crippen LogP contribution in [0.4, 0.5) is 0 Å². The summed E-state index contributed by atoms with van der Waals surface area (Å²) in [6.45, 7) is 1.77. The van der Waals surface area contributed by atoms with Gasteiger partial charge in [0.05, 0.1) is 13.2 Å². The van der Waals surface area contributed by atoms with Gasteiger partial charge in [0.15, 0.2) is 0 Å². The van der Waals surface area contributed by atoms with Gasteiger partial charge in [-0.1, -0.05) is 35.9 Å². The van der Waals surface area contributed by atoms with Crippen LogP contribution in [0.1, 0.15) is 43.5 Å². The molecule has 0 fully saturated rings. The number of carbonyl (C=O) groups excluding carboxylic acids is 8. The maximum absolute atomic E-state index is 13.2. The van der Waals surface area contributed by atoms with E-state index in [1.807, 2.05) is 17.4 Å². The zero-order valence-corrected chi connectivity index (χ0v) is 31.3. The van der Waals surface area contributed by atoms with E-state index in [0.29, 0.717) is 17.9 Å². The Morgan fingerprint density at radius 3 is 1.87 bits per heavy atom. The number of nitrogens with two attached hydrogens (primary N) is 3. The molecule has 6 atom stereocenters. The quantitative estimate of drug-likeness (QED) is 0.0267. The number of ketones is 1. The zero-order chi connectivity index (χ0) is 41.2. The van der Waals surface area contributed by atoms with Crippen LogP contribution in [0.5, 0.6) is 0 Å². The lowest BCUT2D eigenvalue weighted by Gasteiger charge is -2.26. The normalized spacial score (nSPS) is 14.0. The molecule has 2 rings (SSSR count). The van der Waals surface area contributed by atoms with Crippen molar-refractivity contribution >= 4 is 58.8 Å². The molecule has 0 aliphatic carbocycles. The van der Waals surface area contributed by atoms with Gasteiger partial charge in [0.25, 0.3) is 17.6 Å². The number of methoxy groups -OCH3 is 1. The summed E-state index contributed by atoms with van der Waals surface area (Å²) in [4.78, 5) is 101. The minimum atomic E-state index is -1.84. The van der Waals surface area contributed by atoms with E-state index in [1.54, 1.807) is 36.4 Å². The first-order chi connectivity index (χ1) is 26.0. The number of halogens is 1. The maximum atomic E-state index is 13.2. The number of hydrogen-bond acceptors (Lipinski definition) is 13. The molecule has 6 amide bonds. The number of carbonyl (C=O) groups is 8. The molecule has 0 aliphatic heterocycles. The molecule has 0 heterocycles. The van der Waals surface area contributed by atoms with Crippen molar-refractivity contribution in [2.24, 2.45) is 17.2 Å². The van der Waals surface area contributed by atoms with Crippen molar-refractivity contribution in [2.45, 2.75) is 69.5 Å². The smallest absolute Gasteiger partial charge is 0.325 e. The van der Waals surface area contributed by atoms with E-state index in [0.717, 1.165) is 18.2 Å². The number of hydrogen-bond donors (Lipinski definition) is 10. The molecule has 300 valence electrons. The third-order valence-electron chi connectivity index (χ3n) is 8.00. The predicted molar refractivity (Wildman–Crippen MR) is 199 cm³/mol. The fraction of sp³-hybridized carbons (Fsp3) is 0.429. The molecule has 2 aromatic carbocycles. The molecule has 6 unspecified atom stereocenters. The van der Waals surface area contributed by atoms with Crippen LogP contribution < -0.4 is 49.1 Å². The first-order valence-electron chi connectivity index (χ1n) is 17.1. The highest BCUT2D eigenvalue weighted by Gasteiger charge is 2.33. The second-order valence-corrected chi connectivity index (χ2v) is 12.7. The number of ether oxygens (including phenoxy) is 1. The van der Waals surface area contributed by atoms with Crippen LogP contribution in [0, 0.1) is 0 Å². The summed E-state index contributed by atoms with van der Waals surface area (Å²) >= 11 is 5.95. The third-order valence-corrected chi connectivity index (χ3v) is 8.25. The van der Waals surface area contributed by atoms with Gasteiger partial charge in [-0.05, 0) is 75.0 Å². The Hall–Kier alpha value is -5.47. The highest BCUT2D eigenvalue weighted by molar-refractivity contribution is 6.38. The number of Topliss-reactive ketones (excluding diaryl/α,β-unsaturated/α-hetero) is 1. The first-order valence-corrected chi connectivity index (χ1v) is 17.5. The van der Waals surface area contributed by atoms with Crippen molar-refractivity contribution in [1.29, 1.82) is 0 Å². The summed E-state index contributed by atoms with van der Waals surface area (Å²) in [5, 5.41) is 24.7. The van der Waals surface area contributed by atoms with Gasteiger partial charge >= 0.3 is 5.97 Å². The molecule has 0 bridgehead atoms. The largest absolute Gasteiger partial charge is 0.468 e. The number of unbranched alkanes of at least 4 members (excludes halogenated alkanes) is 1. The second-order valence-electron chi connectivity index (χ2n) is 12.3. The predicted octanol–water partition coefficient (Wildman–Crippen LogP) is -2.69. The number of nitrogens with one attached hydrogen (secondary N) is 6. The summed E-state index contributed by atoms with van der Waals surface area (Å²) in [7, 11) is 1.07. The Balaban J connectivity index is 2.04. The summed E-state index contributed by atoms with van der Waals surface area (Å²) in [6, 6.07) is 8.07. The van der Waals surface area contributed by atoms with Crippen LogP contribution in [0.25, 0.3) is 11.1 Å². The number of amides is 6. The molecular weight excluding hydrogens is 742 g/mol. The molecule has 0 saturated heterocycles. The lowest BCUT2D eigenvalue weighted by Crippen LogP contribution is -2.61. The Morgan fingerprint density at radius 2 is 1.33 bits per heavy atom. The van der Waals surface area contributed by atoms with Gasteiger partial charge < -0.3 is 58.9 Å². The molecule has 0 spiro atoms. The highest BCUT2D eigenvalue weighted by atomic mass is 35.5. The number of benzene rings is 2. The van der Waals surface area contributed by atoms with Gasteiger partial charge in [0.2, 0.25) is 23.6 Å². The lowest BCUT2D eigenvalue weighted by molar-refractivity contribution is -0.144. The van der Waals surface area contributed by atoms with E-state index in [9.17, 15) is 43.5 Å². The van der Waals surface area contributed by atoms with Gasteiger partial charge in [-0.25, -0.2) is 0 Å². The van der Waals surface area contributed by atoms with E-state index in [4.69, 9.17) is 28.8 Å². The third kappa shape index (κ3) is 14.7. The minimum absolute atomic E-state index is 0.0237. The number of rotatable bonds is 21. The van der Waals surface area contributed by atoms with Crippen molar-refractivity contribution in [3.63, 3.8) is 0 Å². The van der Waals surface area contributed by atoms with Crippen LogP contribution in [-0.4, -0.2) is 115 Å². The van der Waals surface area contributed by atoms with Gasteiger partial charge in [-0.15, -0.1) is 0 Å². The van der Waals surface area contributed by atoms with Crippen molar-refractivity contribution in [3.8, 4) is 11.1 Å². The van der Waals surface area contributed by atoms with Gasteiger partial charge in [-0.3, -0.25) is 38.4 Å². The van der Waals surface area contributed by atoms with Gasteiger partial charge in [0.1, 0.15) is 36.9 Å². The van der Waals surface area contributed by atoms with Gasteiger partial charge in [0, 0.05) is 17.1 Å². The average Bonchev–Trinajstić information content (AvgIpc) is 3.16. The molecule has 13 N–H and O–H groups in total. The van der Waals surface area contributed by atoms with E-state index in [1.165, 1.54) is 13.8 Å². The summed E-state index contributed by atoms with van der Waals surface area (Å²) in [5.41, 5.74) is 18.9. The fourth-order valence-corrected chi connectivity index (χ4v) is 4.91. The van der Waals surface area contributed by atoms with Crippen LogP contribution >= 0.6 is 11.6 Å². The van der Waals surface area contributed by atoms with E-state index < -0.39 is 90.2 Å². The number of aliphatic hydroxyl groups excluding tert-OH is 1. The standard InChI is InChI=1S/C35H48ClN9O10/c1-18(30(49)42-24(6-4-5-15-37)32(51)45-29(39)28(48)35(54)40-17-26(47)55-3)41-34(53)27(19(2)46)44-33(52)25(16-38)43-31(50)22-9-7-20(8-10-22)21-11-13-23(36)14-12-21/h7-14,18-19,24-25,27,29,46H,4-6,15-17,37-39H2,1-3H3,(H,40,54)(H,41,53)(H,42,49)(H,43,50)(H,44,52)(H,45,51). The lowest BCUT2D eigenvalue weighted by atomic mass is 10.0. The molecule has 0 radical (unpaired) electrons. The van der Waals surface area contributed by atoms with Crippen molar-refractivity contribution in [1.82, 2.24) is 31.9 Å². The molecular formula is C35H48ClN9O10. The monoisotopic (exact) mass is 789 g/mol. The summed E-state index contributed by atoms with van der Waals surface area (Å²) in [6.07, 6.45) is -2.48. The Morgan fingerprint density at radius 1 is 0.745 bits per heavy atom. The van der Waals surface area contributed by atoms with E-state index >= 15 is 0 Å². The Bertz CT molecular complexity index is 1680. The van der Waals surface area contributed by atoms with Crippen LogP contribution in [-0.2, 0) is 38.3 Å². The average molecular weight is 790 g/mol. The zero-order valence-electron chi connectivity index (χ0n) is 30.6. The van der Waals surface area contributed by atoms with Crippen molar-refractivity contribution < 1.29 is 48.2 Å². The Labute approximate surface area is 322 Å². The second kappa shape index (κ2) is 22.7. The van der Waals surface area contributed by atoms with E-state index in [-0.39, 0.29) is 25.1 Å². The molecule has 20 heteroatoms. The van der Waals surface area contributed by atoms with Crippen LogP contribution in [0.2, 0.25) is 5.02 Å². The van der Waals surface area contributed by atoms with Gasteiger partial charge in [-0.2, -0.15) is 0 Å². The molecule has 0 aliphatic rings. The van der Waals surface area contributed by atoms with Crippen LogP contribution in [0.15, 0.2) is 48.5 Å². The fourth-order valence-electron chi connectivity index (χ4n) is 4.79. The topological polar surface area (TPSA) is 316 Å². The van der Waals surface area contributed by atoms with E-state index in [2.05, 4.69) is 31.3 Å². The van der Waals surface area contributed by atoms with Crippen molar-refractivity contribution in [2.75, 3.05) is 26.7 Å². The minimum Gasteiger partial charge on any atom is -0.468 e. The molecule has 55 heavy (non-hydrogen) atoms. The molecule has 0 saturated carbocycles. The van der Waals surface area contributed by atoms with Crippen molar-refractivity contribution in [3.05, 3.63) is 59.1 Å². The summed E-state index contributed by atoms with van der Waals surface area (Å²) in [5.74, 6) is -7.70. The molecule has 0 aromatic heterocycles. The SMILES string of the molecule is COC(=O)CNC(=O)C(=O)C(N)NC(=O)C(CCCCN)NC(=O)C(C)NC(=O)C(NC(=O)C(CN)NC(=O)c1ccc(-c2ccc(Cl)cc2)cc1)C(C)O. The number of esters is 1. The summed E-state index contributed by atoms with van der Waals surface area (Å²) < 4.78 is 4.37. The highest BCUT2D eigenvalue weighted by Crippen LogP contribution is 2.22. The molecule has 2 aromatic rings. The molecule has 19 nitrogen and oxygen atoms in total. The van der Waals surface area contributed by atoms with Crippen LogP contribution in [0.3, 0.4) is 0 Å². The number of aliphatic hydroxyl groups is 1.